The Morgan fingerprint density at radius 2 is 2.00 bits per heavy atom. The van der Waals surface area contributed by atoms with E-state index in [2.05, 4.69) is 33.7 Å². The normalized spacial score (nSPS) is 15.9. The number of hydrogen-bond donors (Lipinski definition) is 0. The zero-order valence-electron chi connectivity index (χ0n) is 14.6. The summed E-state index contributed by atoms with van der Waals surface area (Å²) < 4.78 is 1.75. The number of aryl methyl sites for hydroxylation is 1. The average Bonchev–Trinajstić information content (AvgIpc) is 2.57. The molecule has 2 aromatic rings. The molecule has 0 N–H and O–H groups in total. The van der Waals surface area contributed by atoms with E-state index in [1.165, 1.54) is 0 Å². The van der Waals surface area contributed by atoms with Gasteiger partial charge in [0.25, 0.3) is 5.56 Å². The van der Waals surface area contributed by atoms with Gasteiger partial charge in [-0.2, -0.15) is 0 Å². The van der Waals surface area contributed by atoms with E-state index in [4.69, 9.17) is 0 Å². The second kappa shape index (κ2) is 7.11. The maximum atomic E-state index is 12.2. The molecule has 128 valence electrons. The second-order valence-electron chi connectivity index (χ2n) is 6.85. The number of hydrogen-bond acceptors (Lipinski definition) is 5. The van der Waals surface area contributed by atoms with E-state index in [0.29, 0.717) is 5.92 Å². The fourth-order valence-electron chi connectivity index (χ4n) is 3.14. The van der Waals surface area contributed by atoms with E-state index < -0.39 is 0 Å². The lowest BCUT2D eigenvalue weighted by molar-refractivity contribution is 0.349. The van der Waals surface area contributed by atoms with Crippen LogP contribution in [0.3, 0.4) is 0 Å². The lowest BCUT2D eigenvalue weighted by Gasteiger charge is -2.33. The molecule has 0 spiro atoms. The van der Waals surface area contributed by atoms with Gasteiger partial charge in [-0.05, 0) is 37.7 Å². The van der Waals surface area contributed by atoms with Crippen LogP contribution in [-0.4, -0.2) is 32.6 Å². The summed E-state index contributed by atoms with van der Waals surface area (Å²) in [5, 5.41) is 0. The van der Waals surface area contributed by atoms with Crippen molar-refractivity contribution in [2.24, 2.45) is 5.92 Å². The largest absolute Gasteiger partial charge is 0.356 e. The van der Waals surface area contributed by atoms with Crippen LogP contribution in [0.4, 0.5) is 5.82 Å². The summed E-state index contributed by atoms with van der Waals surface area (Å²) in [6.07, 6.45) is 5.63. The minimum atomic E-state index is 0.0579. The minimum absolute atomic E-state index is 0.0579. The average molecular weight is 327 g/mol. The number of aromatic nitrogens is 4. The van der Waals surface area contributed by atoms with Gasteiger partial charge < -0.3 is 4.90 Å². The fourth-order valence-corrected chi connectivity index (χ4v) is 3.14. The highest BCUT2D eigenvalue weighted by molar-refractivity contribution is 5.37. The van der Waals surface area contributed by atoms with Crippen LogP contribution in [0, 0.1) is 12.8 Å². The van der Waals surface area contributed by atoms with Gasteiger partial charge in [0, 0.05) is 31.9 Å². The Kier molecular flexibility index (Phi) is 4.92. The van der Waals surface area contributed by atoms with Gasteiger partial charge in [0.1, 0.15) is 11.6 Å². The Balaban J connectivity index is 1.60. The van der Waals surface area contributed by atoms with Crippen molar-refractivity contribution >= 4 is 5.82 Å². The standard InChI is InChI=1S/C18H25N5O/c1-13(2)16-10-18(24)23(12-20-16)11-15-5-8-22(9-6-15)17-4-7-19-14(3)21-17/h4,7,10,12-13,15H,5-6,8-9,11H2,1-3H3. The topological polar surface area (TPSA) is 63.9 Å². The maximum Gasteiger partial charge on any atom is 0.253 e. The predicted octanol–water partition coefficient (Wildman–Crippen LogP) is 2.38. The number of anilines is 1. The van der Waals surface area contributed by atoms with Crippen LogP contribution >= 0.6 is 0 Å². The van der Waals surface area contributed by atoms with Crippen LogP contribution in [0.2, 0.25) is 0 Å². The smallest absolute Gasteiger partial charge is 0.253 e. The molecule has 0 radical (unpaired) electrons. The zero-order valence-corrected chi connectivity index (χ0v) is 14.6. The Hall–Kier alpha value is -2.24. The first-order valence-electron chi connectivity index (χ1n) is 8.64. The van der Waals surface area contributed by atoms with Gasteiger partial charge in [-0.15, -0.1) is 0 Å². The van der Waals surface area contributed by atoms with Crippen LogP contribution in [0.1, 0.15) is 44.1 Å². The van der Waals surface area contributed by atoms with E-state index in [-0.39, 0.29) is 11.5 Å². The third kappa shape index (κ3) is 3.80. The minimum Gasteiger partial charge on any atom is -0.356 e. The summed E-state index contributed by atoms with van der Waals surface area (Å²) in [5.41, 5.74) is 0.924. The highest BCUT2D eigenvalue weighted by atomic mass is 16.1. The maximum absolute atomic E-state index is 12.2. The van der Waals surface area contributed by atoms with Crippen molar-refractivity contribution in [3.05, 3.63) is 46.5 Å². The van der Waals surface area contributed by atoms with Gasteiger partial charge in [-0.3, -0.25) is 9.36 Å². The van der Waals surface area contributed by atoms with Gasteiger partial charge in [-0.1, -0.05) is 13.8 Å². The van der Waals surface area contributed by atoms with Crippen LogP contribution < -0.4 is 10.5 Å². The lowest BCUT2D eigenvalue weighted by atomic mass is 9.96. The van der Waals surface area contributed by atoms with Crippen molar-refractivity contribution in [1.29, 1.82) is 0 Å². The Labute approximate surface area is 142 Å². The van der Waals surface area contributed by atoms with Crippen molar-refractivity contribution in [2.45, 2.75) is 46.1 Å². The van der Waals surface area contributed by atoms with Gasteiger partial charge in [0.2, 0.25) is 0 Å². The van der Waals surface area contributed by atoms with Crippen molar-refractivity contribution in [3.63, 3.8) is 0 Å². The molecule has 6 nitrogen and oxygen atoms in total. The third-order valence-corrected chi connectivity index (χ3v) is 4.65. The number of rotatable bonds is 4. The number of nitrogens with zero attached hydrogens (tertiary/aromatic N) is 5. The molecule has 1 aliphatic rings. The molecule has 0 unspecified atom stereocenters. The molecule has 0 saturated carbocycles. The first kappa shape index (κ1) is 16.6. The van der Waals surface area contributed by atoms with Crippen LogP contribution in [0.25, 0.3) is 0 Å². The number of piperidine rings is 1. The molecule has 1 aliphatic heterocycles. The van der Waals surface area contributed by atoms with E-state index in [9.17, 15) is 4.79 Å². The van der Waals surface area contributed by atoms with Crippen molar-refractivity contribution < 1.29 is 0 Å². The Morgan fingerprint density at radius 1 is 1.25 bits per heavy atom. The molecule has 0 aromatic carbocycles. The van der Waals surface area contributed by atoms with Crippen molar-refractivity contribution in [2.75, 3.05) is 18.0 Å². The monoisotopic (exact) mass is 327 g/mol. The molecule has 6 heteroatoms. The third-order valence-electron chi connectivity index (χ3n) is 4.65. The summed E-state index contributed by atoms with van der Waals surface area (Å²) in [5.74, 6) is 2.60. The Morgan fingerprint density at radius 3 is 2.62 bits per heavy atom. The molecule has 24 heavy (non-hydrogen) atoms. The van der Waals surface area contributed by atoms with Gasteiger partial charge in [0.15, 0.2) is 0 Å². The van der Waals surface area contributed by atoms with E-state index in [0.717, 1.165) is 49.8 Å². The molecule has 0 aliphatic carbocycles. The Bertz CT molecular complexity index is 747. The summed E-state index contributed by atoms with van der Waals surface area (Å²) in [7, 11) is 0. The molecule has 1 saturated heterocycles. The zero-order chi connectivity index (χ0) is 17.1. The molecule has 0 atom stereocenters. The first-order chi connectivity index (χ1) is 11.5. The van der Waals surface area contributed by atoms with Crippen LogP contribution in [0.5, 0.6) is 0 Å². The highest BCUT2D eigenvalue weighted by Crippen LogP contribution is 2.22. The summed E-state index contributed by atoms with van der Waals surface area (Å²) >= 11 is 0. The second-order valence-corrected chi connectivity index (χ2v) is 6.85. The van der Waals surface area contributed by atoms with Crippen LogP contribution in [-0.2, 0) is 6.54 Å². The van der Waals surface area contributed by atoms with Gasteiger partial charge in [0.05, 0.1) is 12.0 Å². The first-order valence-corrected chi connectivity index (χ1v) is 8.64. The van der Waals surface area contributed by atoms with Crippen molar-refractivity contribution in [3.8, 4) is 0 Å². The summed E-state index contributed by atoms with van der Waals surface area (Å²) in [6.45, 7) is 8.70. The molecule has 3 rings (SSSR count). The highest BCUT2D eigenvalue weighted by Gasteiger charge is 2.21. The quantitative estimate of drug-likeness (QED) is 0.863. The predicted molar refractivity (Wildman–Crippen MR) is 94.3 cm³/mol. The molecule has 0 amide bonds. The van der Waals surface area contributed by atoms with E-state index in [1.54, 1.807) is 17.0 Å². The molecule has 2 aromatic heterocycles. The molecule has 0 bridgehead atoms. The van der Waals surface area contributed by atoms with Crippen LogP contribution in [0.15, 0.2) is 29.5 Å². The van der Waals surface area contributed by atoms with Gasteiger partial charge >= 0.3 is 0 Å². The van der Waals surface area contributed by atoms with E-state index in [1.807, 2.05) is 19.2 Å². The van der Waals surface area contributed by atoms with Crippen molar-refractivity contribution in [1.82, 2.24) is 19.5 Å². The van der Waals surface area contributed by atoms with E-state index >= 15 is 0 Å². The lowest BCUT2D eigenvalue weighted by Crippen LogP contribution is -2.37. The fraction of sp³-hybridized carbons (Fsp3) is 0.556. The van der Waals surface area contributed by atoms with Gasteiger partial charge in [-0.25, -0.2) is 15.0 Å². The molecular weight excluding hydrogens is 302 g/mol. The SMILES string of the molecule is Cc1nccc(N2CCC(Cn3cnc(C(C)C)cc3=O)CC2)n1. The summed E-state index contributed by atoms with van der Waals surface area (Å²) in [4.78, 5) is 27.6. The molecule has 3 heterocycles. The molecule has 1 fully saturated rings. The summed E-state index contributed by atoms with van der Waals surface area (Å²) in [6, 6.07) is 3.63. The molecular formula is C18H25N5O.